The zero-order valence-corrected chi connectivity index (χ0v) is 18.0. The number of nitrogens with one attached hydrogen (secondary N) is 1. The smallest absolute Gasteiger partial charge is 0.395 e. The summed E-state index contributed by atoms with van der Waals surface area (Å²) in [5.41, 5.74) is 6.73. The molecule has 0 spiro atoms. The summed E-state index contributed by atoms with van der Waals surface area (Å²) in [5, 5.41) is 8.76. The summed E-state index contributed by atoms with van der Waals surface area (Å²) in [6, 6.07) is 4.57. The van der Waals surface area contributed by atoms with E-state index in [1.807, 2.05) is 0 Å². The van der Waals surface area contributed by atoms with Crippen molar-refractivity contribution in [3.8, 4) is 11.1 Å². The molecule has 1 saturated carbocycles. The molecule has 7 nitrogen and oxygen atoms in total. The minimum atomic E-state index is -4.58. The molecule has 4 N–H and O–H groups in total. The maximum atomic E-state index is 13.7. The van der Waals surface area contributed by atoms with Gasteiger partial charge in [-0.2, -0.15) is 13.2 Å². The molecule has 2 unspecified atom stereocenters. The Hall–Kier alpha value is -2.53. The molecule has 2 aromatic rings. The van der Waals surface area contributed by atoms with Crippen molar-refractivity contribution in [3.63, 3.8) is 0 Å². The van der Waals surface area contributed by atoms with Gasteiger partial charge in [0, 0.05) is 45.1 Å². The Morgan fingerprint density at radius 2 is 1.69 bits per heavy atom. The van der Waals surface area contributed by atoms with E-state index in [1.165, 1.54) is 12.1 Å². The summed E-state index contributed by atoms with van der Waals surface area (Å²) < 4.78 is 61.2. The van der Waals surface area contributed by atoms with E-state index >= 15 is 0 Å². The number of nitrogens with two attached hydrogens (primary N) is 1. The van der Waals surface area contributed by atoms with Crippen LogP contribution in [0.5, 0.6) is 0 Å². The van der Waals surface area contributed by atoms with Crippen LogP contribution >= 0.6 is 0 Å². The molecule has 0 radical (unpaired) electrons. The van der Waals surface area contributed by atoms with Gasteiger partial charge >= 0.3 is 12.1 Å². The molecule has 11 heteroatoms. The monoisotopic (exact) mass is 470 g/mol. The molecule has 3 rings (SSSR count). The number of hydrogen-bond donors (Lipinski definition) is 3. The third kappa shape index (κ3) is 6.49. The predicted molar refractivity (Wildman–Crippen MR) is 114 cm³/mol. The molecule has 0 saturated heterocycles. The number of carboxylic acids is 1. The number of nitrogens with zero attached hydrogens (tertiary/aromatic N) is 2. The fourth-order valence-electron chi connectivity index (χ4n) is 3.32. The van der Waals surface area contributed by atoms with Crippen LogP contribution in [0.2, 0.25) is 0 Å². The Bertz CT molecular complexity index is 1040. The number of hydrogen-bond acceptors (Lipinski definition) is 6. The highest BCUT2D eigenvalue weighted by atomic mass is 32.2. The summed E-state index contributed by atoms with van der Waals surface area (Å²) in [6.45, 7) is 0. The number of carboxylic acid groups (broad SMARTS) is 1. The lowest BCUT2D eigenvalue weighted by atomic mass is 9.94. The summed E-state index contributed by atoms with van der Waals surface area (Å²) in [5.74, 6) is -2.86. The van der Waals surface area contributed by atoms with Crippen molar-refractivity contribution in [1.82, 2.24) is 9.97 Å². The maximum absolute atomic E-state index is 13.7. The van der Waals surface area contributed by atoms with Crippen molar-refractivity contribution >= 4 is 15.7 Å². The van der Waals surface area contributed by atoms with E-state index in [2.05, 4.69) is 9.97 Å². The van der Waals surface area contributed by atoms with Crippen LogP contribution in [0.15, 0.2) is 36.7 Å². The number of carbonyl (C=O) groups is 1. The maximum Gasteiger partial charge on any atom is 0.395 e. The largest absolute Gasteiger partial charge is 0.480 e. The van der Waals surface area contributed by atoms with Crippen molar-refractivity contribution in [1.29, 1.82) is 4.78 Å². The van der Waals surface area contributed by atoms with Crippen LogP contribution in [0.3, 0.4) is 0 Å². The molecule has 0 bridgehead atoms. The van der Waals surface area contributed by atoms with Gasteiger partial charge in [-0.3, -0.25) is 9.57 Å². The van der Waals surface area contributed by atoms with Crippen LogP contribution in [0.1, 0.15) is 48.9 Å². The summed E-state index contributed by atoms with van der Waals surface area (Å²) in [4.78, 5) is 19.4. The van der Waals surface area contributed by atoms with Gasteiger partial charge in [0.15, 0.2) is 0 Å². The van der Waals surface area contributed by atoms with E-state index in [0.29, 0.717) is 17.0 Å². The first-order valence-electron chi connectivity index (χ1n) is 10.2. The second-order valence-corrected chi connectivity index (χ2v) is 10.5. The molecule has 174 valence electrons. The van der Waals surface area contributed by atoms with E-state index in [1.54, 1.807) is 24.5 Å². The summed E-state index contributed by atoms with van der Waals surface area (Å²) >= 11 is 0. The van der Waals surface area contributed by atoms with Gasteiger partial charge in [-0.15, -0.1) is 0 Å². The first kappa shape index (κ1) is 24.1. The molecule has 1 heterocycles. The van der Waals surface area contributed by atoms with E-state index in [4.69, 9.17) is 15.6 Å². The minimum Gasteiger partial charge on any atom is -0.480 e. The number of alkyl halides is 3. The second-order valence-electron chi connectivity index (χ2n) is 8.06. The molecule has 32 heavy (non-hydrogen) atoms. The third-order valence-electron chi connectivity index (χ3n) is 5.47. The minimum absolute atomic E-state index is 0.00852. The highest BCUT2D eigenvalue weighted by molar-refractivity contribution is 7.92. The van der Waals surface area contributed by atoms with Crippen LogP contribution in [-0.2, 0) is 14.5 Å². The fourth-order valence-corrected chi connectivity index (χ4v) is 4.77. The van der Waals surface area contributed by atoms with Crippen molar-refractivity contribution in [2.24, 2.45) is 5.73 Å². The van der Waals surface area contributed by atoms with Crippen LogP contribution in [0.4, 0.5) is 13.2 Å². The third-order valence-corrected chi connectivity index (χ3v) is 7.26. The van der Waals surface area contributed by atoms with Gasteiger partial charge in [-0.25, -0.2) is 14.2 Å². The van der Waals surface area contributed by atoms with Gasteiger partial charge in [0.1, 0.15) is 11.9 Å². The lowest BCUT2D eigenvalue weighted by Crippen LogP contribution is -2.32. The van der Waals surface area contributed by atoms with Crippen molar-refractivity contribution < 1.29 is 27.3 Å². The number of rotatable bonds is 10. The molecular weight excluding hydrogens is 445 g/mol. The second kappa shape index (κ2) is 9.53. The SMILES string of the molecule is N=S(=O)(CCC(c1ccc(-c2cnc(C3CC3)nc2)cc1)C(F)(F)F)CC[C@H](N)C(=O)O. The molecule has 1 aliphatic carbocycles. The topological polar surface area (TPSA) is 130 Å². The van der Waals surface area contributed by atoms with Crippen LogP contribution in [0.25, 0.3) is 11.1 Å². The Labute approximate surface area is 184 Å². The standard InChI is InChI=1S/C21H25F3N4O3S/c22-21(23,24)17(7-9-32(26,31)10-8-18(25)20(29)30)14-3-1-13(2-4-14)16-11-27-19(28-12-16)15-5-6-15/h1-4,11-12,15,17-18,26H,5-10,25H2,(H,29,30)/t17?,18-,32?/m0/s1. The van der Waals surface area contributed by atoms with Crippen molar-refractivity contribution in [2.45, 2.75) is 49.7 Å². The molecule has 1 fully saturated rings. The van der Waals surface area contributed by atoms with E-state index in [0.717, 1.165) is 18.7 Å². The average molecular weight is 471 g/mol. The lowest BCUT2D eigenvalue weighted by molar-refractivity contribution is -0.150. The Balaban J connectivity index is 1.68. The molecule has 0 aliphatic heterocycles. The zero-order chi connectivity index (χ0) is 23.5. The van der Waals surface area contributed by atoms with Gasteiger partial charge in [0.25, 0.3) is 0 Å². The zero-order valence-electron chi connectivity index (χ0n) is 17.2. The molecule has 1 aromatic heterocycles. The van der Waals surface area contributed by atoms with Gasteiger partial charge in [0.2, 0.25) is 0 Å². The van der Waals surface area contributed by atoms with E-state index in [9.17, 15) is 22.2 Å². The quantitative estimate of drug-likeness (QED) is 0.483. The van der Waals surface area contributed by atoms with Crippen LogP contribution in [0, 0.1) is 4.78 Å². The number of benzene rings is 1. The average Bonchev–Trinajstić information content (AvgIpc) is 3.57. The van der Waals surface area contributed by atoms with E-state index in [-0.39, 0.29) is 17.7 Å². The number of halogens is 3. The first-order valence-corrected chi connectivity index (χ1v) is 12.1. The number of aromatic nitrogens is 2. The van der Waals surface area contributed by atoms with Crippen molar-refractivity contribution in [2.75, 3.05) is 11.5 Å². The molecular formula is C21H25F3N4O3S. The van der Waals surface area contributed by atoms with Crippen LogP contribution < -0.4 is 5.73 Å². The summed E-state index contributed by atoms with van der Waals surface area (Å²) in [6.07, 6.45) is 0.122. The van der Waals surface area contributed by atoms with Gasteiger partial charge in [-0.1, -0.05) is 24.3 Å². The van der Waals surface area contributed by atoms with E-state index < -0.39 is 46.0 Å². The molecule has 1 aliphatic rings. The first-order chi connectivity index (χ1) is 15.0. The molecule has 3 atom stereocenters. The highest BCUT2D eigenvalue weighted by Gasteiger charge is 2.40. The molecule has 1 aromatic carbocycles. The Morgan fingerprint density at radius 1 is 1.12 bits per heavy atom. The Morgan fingerprint density at radius 3 is 2.19 bits per heavy atom. The summed E-state index contributed by atoms with van der Waals surface area (Å²) in [7, 11) is -3.39. The van der Waals surface area contributed by atoms with Gasteiger partial charge < -0.3 is 10.8 Å². The molecule has 0 amide bonds. The number of aliphatic carboxylic acids is 1. The highest BCUT2D eigenvalue weighted by Crippen LogP contribution is 2.39. The van der Waals surface area contributed by atoms with Crippen LogP contribution in [-0.4, -0.2) is 49.0 Å². The Kier molecular flexibility index (Phi) is 7.19. The lowest BCUT2D eigenvalue weighted by Gasteiger charge is -2.22. The van der Waals surface area contributed by atoms with Crippen molar-refractivity contribution in [3.05, 3.63) is 48.0 Å². The predicted octanol–water partition coefficient (Wildman–Crippen LogP) is 3.91. The van der Waals surface area contributed by atoms with Gasteiger partial charge in [0.05, 0.1) is 5.92 Å². The normalized spacial score (nSPS) is 18.0. The van der Waals surface area contributed by atoms with Gasteiger partial charge in [-0.05, 0) is 36.8 Å². The fraction of sp³-hybridized carbons (Fsp3) is 0.476.